The Morgan fingerprint density at radius 3 is 2.80 bits per heavy atom. The van der Waals surface area contributed by atoms with Crippen LogP contribution in [0.3, 0.4) is 0 Å². The summed E-state index contributed by atoms with van der Waals surface area (Å²) in [6, 6.07) is 5.93. The average Bonchev–Trinajstić information content (AvgIpc) is 2.54. The summed E-state index contributed by atoms with van der Waals surface area (Å²) in [5.74, 6) is 6.23. The molecule has 0 aliphatic carbocycles. The van der Waals surface area contributed by atoms with Gasteiger partial charge < -0.3 is 14.7 Å². The molecule has 0 bridgehead atoms. The second-order valence-corrected chi connectivity index (χ2v) is 8.38. The van der Waals surface area contributed by atoms with Crippen molar-refractivity contribution in [2.24, 2.45) is 5.41 Å². The molecule has 2 atom stereocenters. The Balaban J connectivity index is 1.95. The summed E-state index contributed by atoms with van der Waals surface area (Å²) in [7, 11) is 0. The molecule has 1 heterocycles. The number of carbonyl (C=O) groups is 1. The quantitative estimate of drug-likeness (QED) is 0.723. The van der Waals surface area contributed by atoms with Gasteiger partial charge in [-0.3, -0.25) is 0 Å². The fraction of sp³-hybridized carbons (Fsp3) is 0.550. The van der Waals surface area contributed by atoms with Gasteiger partial charge in [-0.15, -0.1) is 0 Å². The second kappa shape index (κ2) is 8.25. The molecule has 1 aliphatic rings. The van der Waals surface area contributed by atoms with E-state index in [1.54, 1.807) is 4.90 Å². The molecule has 136 valence electrons. The SMILES string of the molecule is Cc1c(Br)cccc1C#CCOC1CCN(C(=O)O)C(C(C)(C)C)C1. The number of nitrogens with zero attached hydrogens (tertiary/aromatic N) is 1. The van der Waals surface area contributed by atoms with Gasteiger partial charge in [-0.2, -0.15) is 0 Å². The van der Waals surface area contributed by atoms with Gasteiger partial charge in [-0.25, -0.2) is 4.79 Å². The van der Waals surface area contributed by atoms with Crippen LogP contribution < -0.4 is 0 Å². The first-order chi connectivity index (χ1) is 11.7. The molecule has 0 aromatic heterocycles. The normalized spacial score (nSPS) is 20.8. The van der Waals surface area contributed by atoms with Crippen LogP contribution in [0.2, 0.25) is 0 Å². The highest BCUT2D eigenvalue weighted by Gasteiger charge is 2.38. The minimum atomic E-state index is -0.844. The van der Waals surface area contributed by atoms with Crippen molar-refractivity contribution in [3.63, 3.8) is 0 Å². The molecule has 1 aromatic carbocycles. The number of piperidine rings is 1. The molecule has 0 saturated carbocycles. The lowest BCUT2D eigenvalue weighted by atomic mass is 9.80. The third kappa shape index (κ3) is 5.23. The minimum absolute atomic E-state index is 0.0379. The van der Waals surface area contributed by atoms with Crippen LogP contribution in [0.25, 0.3) is 0 Å². The average molecular weight is 408 g/mol. The molecule has 2 rings (SSSR count). The number of ether oxygens (including phenoxy) is 1. The minimum Gasteiger partial charge on any atom is -0.465 e. The third-order valence-corrected chi connectivity index (χ3v) is 5.54. The molecule has 0 spiro atoms. The van der Waals surface area contributed by atoms with Crippen molar-refractivity contribution in [3.05, 3.63) is 33.8 Å². The molecule has 0 radical (unpaired) electrons. The van der Waals surface area contributed by atoms with Gasteiger partial charge in [0.25, 0.3) is 0 Å². The largest absolute Gasteiger partial charge is 0.465 e. The van der Waals surface area contributed by atoms with E-state index < -0.39 is 6.09 Å². The second-order valence-electron chi connectivity index (χ2n) is 7.53. The summed E-state index contributed by atoms with van der Waals surface area (Å²) in [4.78, 5) is 13.0. The first kappa shape index (κ1) is 19.8. The van der Waals surface area contributed by atoms with Gasteiger partial charge in [0.15, 0.2) is 0 Å². The van der Waals surface area contributed by atoms with Crippen molar-refractivity contribution in [1.29, 1.82) is 0 Å². The van der Waals surface area contributed by atoms with E-state index >= 15 is 0 Å². The van der Waals surface area contributed by atoms with Crippen LogP contribution in [0.15, 0.2) is 22.7 Å². The summed E-state index contributed by atoms with van der Waals surface area (Å²) in [6.45, 7) is 9.13. The highest BCUT2D eigenvalue weighted by molar-refractivity contribution is 9.10. The highest BCUT2D eigenvalue weighted by atomic mass is 79.9. The molecule has 4 nitrogen and oxygen atoms in total. The fourth-order valence-corrected chi connectivity index (χ4v) is 3.53. The van der Waals surface area contributed by atoms with Gasteiger partial charge in [-0.1, -0.05) is 54.6 Å². The van der Waals surface area contributed by atoms with Crippen molar-refractivity contribution in [2.75, 3.05) is 13.2 Å². The Labute approximate surface area is 158 Å². The van der Waals surface area contributed by atoms with Gasteiger partial charge in [0.2, 0.25) is 0 Å². The summed E-state index contributed by atoms with van der Waals surface area (Å²) >= 11 is 3.51. The van der Waals surface area contributed by atoms with Crippen molar-refractivity contribution >= 4 is 22.0 Å². The summed E-state index contributed by atoms with van der Waals surface area (Å²) < 4.78 is 6.97. The topological polar surface area (TPSA) is 49.8 Å². The Kier molecular flexibility index (Phi) is 6.53. The molecule has 1 N–H and O–H groups in total. The third-order valence-electron chi connectivity index (χ3n) is 4.68. The molecule has 1 aromatic rings. The zero-order chi connectivity index (χ0) is 18.6. The van der Waals surface area contributed by atoms with Gasteiger partial charge in [0.05, 0.1) is 6.10 Å². The van der Waals surface area contributed by atoms with Gasteiger partial charge in [0.1, 0.15) is 6.61 Å². The zero-order valence-electron chi connectivity index (χ0n) is 15.3. The predicted molar refractivity (Wildman–Crippen MR) is 103 cm³/mol. The Hall–Kier alpha value is -1.51. The van der Waals surface area contributed by atoms with E-state index in [2.05, 4.69) is 48.5 Å². The number of hydrogen-bond acceptors (Lipinski definition) is 2. The molecular formula is C20H26BrNO3. The summed E-state index contributed by atoms with van der Waals surface area (Å²) in [6.07, 6.45) is 0.644. The number of rotatable bonds is 2. The van der Waals surface area contributed by atoms with Crippen LogP contribution >= 0.6 is 15.9 Å². The highest BCUT2D eigenvalue weighted by Crippen LogP contribution is 2.33. The maximum absolute atomic E-state index is 11.5. The van der Waals surface area contributed by atoms with E-state index in [-0.39, 0.29) is 17.6 Å². The number of carboxylic acid groups (broad SMARTS) is 1. The molecule has 1 aliphatic heterocycles. The Bertz CT molecular complexity index is 684. The van der Waals surface area contributed by atoms with Crippen LogP contribution in [-0.4, -0.2) is 41.4 Å². The number of halogens is 1. The van der Waals surface area contributed by atoms with E-state index in [0.29, 0.717) is 19.6 Å². The molecular weight excluding hydrogens is 382 g/mol. The van der Waals surface area contributed by atoms with Crippen molar-refractivity contribution < 1.29 is 14.6 Å². The standard InChI is InChI=1S/C20H26BrNO3/c1-14-15(7-5-9-17(14)21)8-6-12-25-16-10-11-22(19(23)24)18(13-16)20(2,3)4/h5,7,9,16,18H,10-13H2,1-4H3,(H,23,24). The van der Waals surface area contributed by atoms with E-state index in [0.717, 1.165) is 22.0 Å². The number of likely N-dealkylation sites (tertiary alicyclic amines) is 1. The number of benzene rings is 1. The smallest absolute Gasteiger partial charge is 0.407 e. The van der Waals surface area contributed by atoms with Gasteiger partial charge >= 0.3 is 6.09 Å². The van der Waals surface area contributed by atoms with Crippen LogP contribution in [0.1, 0.15) is 44.7 Å². The lowest BCUT2D eigenvalue weighted by Gasteiger charge is -2.44. The van der Waals surface area contributed by atoms with Crippen molar-refractivity contribution in [2.45, 2.75) is 52.7 Å². The summed E-state index contributed by atoms with van der Waals surface area (Å²) in [5, 5.41) is 9.41. The maximum Gasteiger partial charge on any atom is 0.407 e. The van der Waals surface area contributed by atoms with Crippen molar-refractivity contribution in [1.82, 2.24) is 4.90 Å². The first-order valence-corrected chi connectivity index (χ1v) is 9.34. The molecule has 2 unspecified atom stereocenters. The Morgan fingerprint density at radius 2 is 2.16 bits per heavy atom. The number of hydrogen-bond donors (Lipinski definition) is 1. The lowest BCUT2D eigenvalue weighted by molar-refractivity contribution is -0.0247. The monoisotopic (exact) mass is 407 g/mol. The van der Waals surface area contributed by atoms with Crippen LogP contribution in [0.4, 0.5) is 4.79 Å². The molecule has 5 heteroatoms. The van der Waals surface area contributed by atoms with Crippen molar-refractivity contribution in [3.8, 4) is 11.8 Å². The van der Waals surface area contributed by atoms with Crippen LogP contribution in [0.5, 0.6) is 0 Å². The van der Waals surface area contributed by atoms with E-state index in [1.165, 1.54) is 0 Å². The van der Waals surface area contributed by atoms with Gasteiger partial charge in [0, 0.05) is 22.6 Å². The first-order valence-electron chi connectivity index (χ1n) is 8.55. The maximum atomic E-state index is 11.5. The number of amides is 1. The van der Waals surface area contributed by atoms with Gasteiger partial charge in [-0.05, 0) is 42.9 Å². The van der Waals surface area contributed by atoms with E-state index in [1.807, 2.05) is 25.1 Å². The molecule has 1 fully saturated rings. The molecule has 1 saturated heterocycles. The summed E-state index contributed by atoms with van der Waals surface area (Å²) in [5.41, 5.74) is 2.00. The lowest BCUT2D eigenvalue weighted by Crippen LogP contribution is -2.53. The molecule has 1 amide bonds. The molecule has 25 heavy (non-hydrogen) atoms. The van der Waals surface area contributed by atoms with E-state index in [9.17, 15) is 9.90 Å². The zero-order valence-corrected chi connectivity index (χ0v) is 16.9. The van der Waals surface area contributed by atoms with E-state index in [4.69, 9.17) is 4.74 Å². The fourth-order valence-electron chi connectivity index (χ4n) is 3.17. The Morgan fingerprint density at radius 1 is 1.44 bits per heavy atom. The van der Waals surface area contributed by atoms with Crippen LogP contribution in [-0.2, 0) is 4.74 Å². The predicted octanol–water partition coefficient (Wildman–Crippen LogP) is 4.68. The van der Waals surface area contributed by atoms with Crippen LogP contribution in [0, 0.1) is 24.2 Å².